The van der Waals surface area contributed by atoms with Crippen LogP contribution in [0.2, 0.25) is 0 Å². The van der Waals surface area contributed by atoms with Crippen LogP contribution in [0.1, 0.15) is 32.6 Å². The number of aliphatic hydroxyl groups is 1. The molecule has 19 heavy (non-hydrogen) atoms. The lowest BCUT2D eigenvalue weighted by Gasteiger charge is -2.25. The van der Waals surface area contributed by atoms with Crippen molar-refractivity contribution in [2.75, 3.05) is 6.54 Å². The summed E-state index contributed by atoms with van der Waals surface area (Å²) in [6.45, 7) is 8.58. The molecule has 4 nitrogen and oxygen atoms in total. The molecule has 0 saturated heterocycles. The normalized spacial score (nSPS) is 12.8. The fraction of sp³-hybridized carbons (Fsp3) is 0.692. The number of rotatable bonds is 7. The molecule has 0 aliphatic rings. The molecule has 0 radical (unpaired) electrons. The van der Waals surface area contributed by atoms with Crippen molar-refractivity contribution < 1.29 is 13.5 Å². The number of hydrogen-bond donors (Lipinski definition) is 2. The molecule has 1 aromatic rings. The van der Waals surface area contributed by atoms with Gasteiger partial charge in [0, 0.05) is 11.4 Å². The van der Waals surface area contributed by atoms with E-state index in [-0.39, 0.29) is 11.5 Å². The van der Waals surface area contributed by atoms with E-state index in [1.807, 2.05) is 0 Å². The highest BCUT2D eigenvalue weighted by Gasteiger charge is 2.23. The Kier molecular flexibility index (Phi) is 5.98. The molecule has 0 aromatic carbocycles. The molecular formula is C13H23NO3S2. The van der Waals surface area contributed by atoms with Gasteiger partial charge in [0.1, 0.15) is 0 Å². The van der Waals surface area contributed by atoms with Crippen molar-refractivity contribution in [1.82, 2.24) is 4.72 Å². The van der Waals surface area contributed by atoms with Gasteiger partial charge in [-0.25, -0.2) is 13.1 Å². The zero-order valence-corrected chi connectivity index (χ0v) is 13.5. The van der Waals surface area contributed by atoms with E-state index in [4.69, 9.17) is 5.11 Å². The first-order chi connectivity index (χ1) is 8.79. The summed E-state index contributed by atoms with van der Waals surface area (Å²) in [5, 5.41) is 10.8. The second-order valence-electron chi connectivity index (χ2n) is 5.37. The summed E-state index contributed by atoms with van der Waals surface area (Å²) in [7, 11) is -3.52. The summed E-state index contributed by atoms with van der Waals surface area (Å²) in [6, 6.07) is 1.54. The van der Waals surface area contributed by atoms with E-state index in [0.717, 1.165) is 0 Å². The molecule has 1 heterocycles. The Labute approximate surface area is 119 Å². The molecule has 2 N–H and O–H groups in total. The first-order valence-corrected chi connectivity index (χ1v) is 8.82. The Balaban J connectivity index is 2.81. The van der Waals surface area contributed by atoms with E-state index < -0.39 is 10.0 Å². The Morgan fingerprint density at radius 1 is 1.26 bits per heavy atom. The lowest BCUT2D eigenvalue weighted by molar-refractivity contribution is 0.281. The monoisotopic (exact) mass is 305 g/mol. The van der Waals surface area contributed by atoms with Gasteiger partial charge in [0.15, 0.2) is 0 Å². The zero-order valence-electron chi connectivity index (χ0n) is 11.9. The number of thiophene rings is 1. The van der Waals surface area contributed by atoms with Gasteiger partial charge in [0.25, 0.3) is 0 Å². The van der Waals surface area contributed by atoms with Gasteiger partial charge in [-0.15, -0.1) is 11.3 Å². The van der Waals surface area contributed by atoms with Gasteiger partial charge in [-0.2, -0.15) is 0 Å². The van der Waals surface area contributed by atoms with Crippen LogP contribution in [0.15, 0.2) is 16.3 Å². The van der Waals surface area contributed by atoms with Gasteiger partial charge in [-0.05, 0) is 29.2 Å². The highest BCUT2D eigenvalue weighted by Crippen LogP contribution is 2.23. The van der Waals surface area contributed by atoms with Crippen molar-refractivity contribution in [2.45, 2.75) is 39.2 Å². The average Bonchev–Trinajstić information content (AvgIpc) is 2.76. The van der Waals surface area contributed by atoms with Crippen molar-refractivity contribution in [2.24, 2.45) is 17.8 Å². The molecule has 0 unspecified atom stereocenters. The molecule has 1 rings (SSSR count). The van der Waals surface area contributed by atoms with Crippen LogP contribution >= 0.6 is 11.3 Å². The first-order valence-electron chi connectivity index (χ1n) is 6.46. The van der Waals surface area contributed by atoms with E-state index in [2.05, 4.69) is 32.4 Å². The first kappa shape index (κ1) is 16.6. The van der Waals surface area contributed by atoms with Crippen molar-refractivity contribution in [1.29, 1.82) is 0 Å². The van der Waals surface area contributed by atoms with Crippen LogP contribution in [0.4, 0.5) is 0 Å². The standard InChI is InChI=1S/C13H23NO3S2/c1-9(2)11(10(3)4)7-14-19(16,17)13-5-6-18-12(13)8-15/h5-6,9-11,14-15H,7-8H2,1-4H3. The molecule has 110 valence electrons. The lowest BCUT2D eigenvalue weighted by atomic mass is 9.86. The van der Waals surface area contributed by atoms with Crippen LogP contribution in [0, 0.1) is 17.8 Å². The summed E-state index contributed by atoms with van der Waals surface area (Å²) in [5.41, 5.74) is 0. The van der Waals surface area contributed by atoms with Gasteiger partial charge in [-0.1, -0.05) is 27.7 Å². The van der Waals surface area contributed by atoms with Gasteiger partial charge in [0.2, 0.25) is 10.0 Å². The minimum atomic E-state index is -3.52. The van der Waals surface area contributed by atoms with Crippen molar-refractivity contribution in [3.05, 3.63) is 16.3 Å². The topological polar surface area (TPSA) is 66.4 Å². The zero-order chi connectivity index (χ0) is 14.6. The van der Waals surface area contributed by atoms with Crippen LogP contribution in [0.5, 0.6) is 0 Å². The third-order valence-electron chi connectivity index (χ3n) is 3.36. The van der Waals surface area contributed by atoms with Gasteiger partial charge < -0.3 is 5.11 Å². The summed E-state index contributed by atoms with van der Waals surface area (Å²) >= 11 is 1.25. The minimum absolute atomic E-state index is 0.200. The van der Waals surface area contributed by atoms with Gasteiger partial charge in [-0.3, -0.25) is 0 Å². The molecule has 1 aromatic heterocycles. The fourth-order valence-corrected chi connectivity index (χ4v) is 4.57. The summed E-state index contributed by atoms with van der Waals surface area (Å²) < 4.78 is 27.1. The van der Waals surface area contributed by atoms with Crippen LogP contribution in [0.25, 0.3) is 0 Å². The van der Waals surface area contributed by atoms with Crippen molar-refractivity contribution in [3.63, 3.8) is 0 Å². The molecule has 0 aliphatic heterocycles. The molecule has 0 bridgehead atoms. The molecule has 0 fully saturated rings. The third-order valence-corrected chi connectivity index (χ3v) is 5.90. The second kappa shape index (κ2) is 6.83. The van der Waals surface area contributed by atoms with Crippen LogP contribution in [-0.2, 0) is 16.6 Å². The molecule has 0 amide bonds. The number of nitrogens with one attached hydrogen (secondary N) is 1. The molecule has 0 atom stereocenters. The Morgan fingerprint density at radius 2 is 1.84 bits per heavy atom. The fourth-order valence-electron chi connectivity index (χ4n) is 2.21. The quantitative estimate of drug-likeness (QED) is 0.813. The maximum absolute atomic E-state index is 12.2. The molecule has 6 heteroatoms. The van der Waals surface area contributed by atoms with Crippen molar-refractivity contribution in [3.8, 4) is 0 Å². The molecule has 0 saturated carbocycles. The Hall–Kier alpha value is -0.430. The predicted molar refractivity (Wildman–Crippen MR) is 78.6 cm³/mol. The van der Waals surface area contributed by atoms with E-state index >= 15 is 0 Å². The predicted octanol–water partition coefficient (Wildman–Crippen LogP) is 2.45. The highest BCUT2D eigenvalue weighted by atomic mass is 32.2. The third kappa shape index (κ3) is 4.27. The average molecular weight is 305 g/mol. The van der Waals surface area contributed by atoms with E-state index in [1.54, 1.807) is 5.38 Å². The number of aliphatic hydroxyl groups excluding tert-OH is 1. The highest BCUT2D eigenvalue weighted by molar-refractivity contribution is 7.89. The maximum Gasteiger partial charge on any atom is 0.241 e. The largest absolute Gasteiger partial charge is 0.391 e. The maximum atomic E-state index is 12.2. The number of hydrogen-bond acceptors (Lipinski definition) is 4. The summed E-state index contributed by atoms with van der Waals surface area (Å²) in [5.74, 6) is 1.14. The molecule has 0 spiro atoms. The Bertz CT molecular complexity index is 484. The van der Waals surface area contributed by atoms with E-state index in [9.17, 15) is 8.42 Å². The van der Waals surface area contributed by atoms with E-state index in [1.165, 1.54) is 17.4 Å². The Morgan fingerprint density at radius 3 is 2.32 bits per heavy atom. The second-order valence-corrected chi connectivity index (χ2v) is 8.11. The summed E-state index contributed by atoms with van der Waals surface area (Å²) in [6.07, 6.45) is 0. The van der Waals surface area contributed by atoms with E-state index in [0.29, 0.717) is 29.2 Å². The van der Waals surface area contributed by atoms with Crippen LogP contribution in [0.3, 0.4) is 0 Å². The van der Waals surface area contributed by atoms with Gasteiger partial charge in [0.05, 0.1) is 11.5 Å². The smallest absolute Gasteiger partial charge is 0.241 e. The minimum Gasteiger partial charge on any atom is -0.391 e. The molecular weight excluding hydrogens is 282 g/mol. The van der Waals surface area contributed by atoms with Crippen LogP contribution < -0.4 is 4.72 Å². The lowest BCUT2D eigenvalue weighted by Crippen LogP contribution is -2.34. The van der Waals surface area contributed by atoms with Gasteiger partial charge >= 0.3 is 0 Å². The summed E-state index contributed by atoms with van der Waals surface area (Å²) in [4.78, 5) is 0.685. The number of sulfonamides is 1. The van der Waals surface area contributed by atoms with Crippen LogP contribution in [-0.4, -0.2) is 20.1 Å². The van der Waals surface area contributed by atoms with Crippen molar-refractivity contribution >= 4 is 21.4 Å². The SMILES string of the molecule is CC(C)C(CNS(=O)(=O)c1ccsc1CO)C(C)C. The molecule has 0 aliphatic carbocycles.